The van der Waals surface area contributed by atoms with E-state index in [1.54, 1.807) is 26.3 Å². The third-order valence-corrected chi connectivity index (χ3v) is 4.14. The molecule has 0 fully saturated rings. The fourth-order valence-electron chi connectivity index (χ4n) is 2.84. The van der Waals surface area contributed by atoms with Crippen molar-refractivity contribution in [2.45, 2.75) is 19.9 Å². The number of hydrogen-bond acceptors (Lipinski definition) is 4. The first kappa shape index (κ1) is 20.5. The zero-order valence-electron chi connectivity index (χ0n) is 16.1. The number of methoxy groups -OCH3 is 1. The molecule has 0 unspecified atom stereocenters. The molecule has 2 N–H and O–H groups in total. The molecule has 2 aromatic carbocycles. The summed E-state index contributed by atoms with van der Waals surface area (Å²) in [6, 6.07) is 14.8. The minimum Gasteiger partial charge on any atom is -0.495 e. The lowest BCUT2D eigenvalue weighted by Crippen LogP contribution is -2.33. The molecule has 0 aromatic heterocycles. The van der Waals surface area contributed by atoms with E-state index in [9.17, 15) is 9.59 Å². The lowest BCUT2D eigenvalue weighted by molar-refractivity contribution is -0.117. The molecule has 0 spiro atoms. The van der Waals surface area contributed by atoms with Crippen LogP contribution in [0.2, 0.25) is 0 Å². The Morgan fingerprint density at radius 1 is 1.07 bits per heavy atom. The molecule has 0 aliphatic heterocycles. The molecule has 0 saturated heterocycles. The summed E-state index contributed by atoms with van der Waals surface area (Å²) in [6.07, 6.45) is 0.943. The van der Waals surface area contributed by atoms with Gasteiger partial charge in [0.15, 0.2) is 0 Å². The van der Waals surface area contributed by atoms with E-state index in [-0.39, 0.29) is 18.4 Å². The second-order valence-corrected chi connectivity index (χ2v) is 6.24. The van der Waals surface area contributed by atoms with Crippen LogP contribution in [0.4, 0.5) is 5.69 Å². The fraction of sp³-hybridized carbons (Fsp3) is 0.333. The smallest absolute Gasteiger partial charge is 0.251 e. The zero-order valence-corrected chi connectivity index (χ0v) is 16.1. The first-order valence-corrected chi connectivity index (χ1v) is 9.03. The quantitative estimate of drug-likeness (QED) is 0.713. The summed E-state index contributed by atoms with van der Waals surface area (Å²) in [7, 11) is 3.19. The van der Waals surface area contributed by atoms with Gasteiger partial charge in [0.05, 0.1) is 19.3 Å². The first-order chi connectivity index (χ1) is 13.1. The first-order valence-electron chi connectivity index (χ1n) is 9.03. The Kier molecular flexibility index (Phi) is 7.82. The second kappa shape index (κ2) is 10.3. The highest BCUT2D eigenvalue weighted by Crippen LogP contribution is 2.22. The van der Waals surface area contributed by atoms with Crippen LogP contribution in [0.3, 0.4) is 0 Å². The van der Waals surface area contributed by atoms with Gasteiger partial charge < -0.3 is 15.4 Å². The van der Waals surface area contributed by atoms with Crippen LogP contribution < -0.4 is 15.4 Å². The van der Waals surface area contributed by atoms with Crippen LogP contribution in [0.25, 0.3) is 0 Å². The number of amides is 2. The summed E-state index contributed by atoms with van der Waals surface area (Å²) in [5, 5.41) is 5.52. The summed E-state index contributed by atoms with van der Waals surface area (Å²) < 4.78 is 5.27. The van der Waals surface area contributed by atoms with Gasteiger partial charge in [-0.05, 0) is 42.8 Å². The Balaban J connectivity index is 2.00. The minimum atomic E-state index is -0.108. The van der Waals surface area contributed by atoms with Crippen molar-refractivity contribution in [3.8, 4) is 5.75 Å². The normalized spacial score (nSPS) is 10.5. The maximum Gasteiger partial charge on any atom is 0.251 e. The van der Waals surface area contributed by atoms with E-state index in [4.69, 9.17) is 4.74 Å². The van der Waals surface area contributed by atoms with Gasteiger partial charge in [-0.3, -0.25) is 14.5 Å². The highest BCUT2D eigenvalue weighted by Gasteiger charge is 2.13. The van der Waals surface area contributed by atoms with Crippen molar-refractivity contribution in [1.82, 2.24) is 10.2 Å². The molecule has 144 valence electrons. The maximum absolute atomic E-state index is 12.5. The Bertz CT molecular complexity index is 760. The van der Waals surface area contributed by atoms with E-state index in [2.05, 4.69) is 22.5 Å². The van der Waals surface area contributed by atoms with Gasteiger partial charge in [0.1, 0.15) is 5.75 Å². The van der Waals surface area contributed by atoms with Crippen molar-refractivity contribution in [1.29, 1.82) is 0 Å². The number of anilines is 1. The van der Waals surface area contributed by atoms with Gasteiger partial charge in [-0.1, -0.05) is 31.2 Å². The molecule has 0 atom stereocenters. The van der Waals surface area contributed by atoms with Crippen LogP contribution in [-0.4, -0.2) is 44.0 Å². The average molecular weight is 369 g/mol. The highest BCUT2D eigenvalue weighted by molar-refractivity contribution is 5.94. The Hall–Kier alpha value is -2.86. The fourth-order valence-corrected chi connectivity index (χ4v) is 2.84. The van der Waals surface area contributed by atoms with Crippen LogP contribution in [0, 0.1) is 0 Å². The van der Waals surface area contributed by atoms with Crippen LogP contribution in [0.5, 0.6) is 5.75 Å². The SMILES string of the molecule is CCCN(CC(=O)Nc1ccccc1OC)Cc1ccc(C(=O)NC)cc1. The minimum absolute atomic E-state index is 0.0880. The van der Waals surface area contributed by atoms with E-state index >= 15 is 0 Å². The molecule has 0 aliphatic rings. The molecule has 0 saturated carbocycles. The molecule has 27 heavy (non-hydrogen) atoms. The van der Waals surface area contributed by atoms with Crippen molar-refractivity contribution in [2.24, 2.45) is 0 Å². The number of benzene rings is 2. The second-order valence-electron chi connectivity index (χ2n) is 6.24. The molecule has 0 bridgehead atoms. The Morgan fingerprint density at radius 3 is 2.41 bits per heavy atom. The molecule has 6 nitrogen and oxygen atoms in total. The van der Waals surface area contributed by atoms with Crippen molar-refractivity contribution < 1.29 is 14.3 Å². The largest absolute Gasteiger partial charge is 0.495 e. The predicted octanol–water partition coefficient (Wildman–Crippen LogP) is 2.91. The number of ether oxygens (including phenoxy) is 1. The third kappa shape index (κ3) is 6.11. The van der Waals surface area contributed by atoms with Crippen molar-refractivity contribution in [2.75, 3.05) is 32.6 Å². The topological polar surface area (TPSA) is 70.7 Å². The highest BCUT2D eigenvalue weighted by atomic mass is 16.5. The molecule has 2 aromatic rings. The standard InChI is InChI=1S/C21H27N3O3/c1-4-13-24(14-16-9-11-17(12-10-16)21(26)22-2)15-20(25)23-18-7-5-6-8-19(18)27-3/h5-12H,4,13-15H2,1-3H3,(H,22,26)(H,23,25). The molecule has 0 radical (unpaired) electrons. The molecular weight excluding hydrogens is 342 g/mol. The van der Waals surface area contributed by atoms with Crippen LogP contribution in [0.1, 0.15) is 29.3 Å². The van der Waals surface area contributed by atoms with Crippen molar-refractivity contribution >= 4 is 17.5 Å². The summed E-state index contributed by atoms with van der Waals surface area (Å²) in [4.78, 5) is 26.2. The lowest BCUT2D eigenvalue weighted by atomic mass is 10.1. The number of nitrogens with zero attached hydrogens (tertiary/aromatic N) is 1. The lowest BCUT2D eigenvalue weighted by Gasteiger charge is -2.21. The van der Waals surface area contributed by atoms with E-state index < -0.39 is 0 Å². The third-order valence-electron chi connectivity index (χ3n) is 4.14. The van der Waals surface area contributed by atoms with E-state index in [0.717, 1.165) is 18.5 Å². The number of rotatable bonds is 9. The summed E-state index contributed by atoms with van der Waals surface area (Å²) in [5.74, 6) is 0.441. The summed E-state index contributed by atoms with van der Waals surface area (Å²) in [6.45, 7) is 3.81. The van der Waals surface area contributed by atoms with E-state index in [0.29, 0.717) is 23.5 Å². The van der Waals surface area contributed by atoms with Gasteiger partial charge in [0.2, 0.25) is 5.91 Å². The number of carbonyl (C=O) groups excluding carboxylic acids is 2. The van der Waals surface area contributed by atoms with Gasteiger partial charge in [0, 0.05) is 19.2 Å². The van der Waals surface area contributed by atoms with Crippen LogP contribution in [-0.2, 0) is 11.3 Å². The average Bonchev–Trinajstić information content (AvgIpc) is 2.68. The summed E-state index contributed by atoms with van der Waals surface area (Å²) in [5.41, 5.74) is 2.34. The molecule has 6 heteroatoms. The Labute approximate surface area is 160 Å². The van der Waals surface area contributed by atoms with Gasteiger partial charge in [-0.25, -0.2) is 0 Å². The van der Waals surface area contributed by atoms with Crippen LogP contribution in [0.15, 0.2) is 48.5 Å². The van der Waals surface area contributed by atoms with Crippen molar-refractivity contribution in [3.05, 3.63) is 59.7 Å². The Morgan fingerprint density at radius 2 is 1.78 bits per heavy atom. The molecule has 0 aliphatic carbocycles. The van der Waals surface area contributed by atoms with E-state index in [1.807, 2.05) is 36.4 Å². The number of nitrogens with one attached hydrogen (secondary N) is 2. The van der Waals surface area contributed by atoms with Gasteiger partial charge in [-0.15, -0.1) is 0 Å². The number of para-hydroxylation sites is 2. The summed E-state index contributed by atoms with van der Waals surface area (Å²) >= 11 is 0. The molecule has 2 rings (SSSR count). The molecule has 0 heterocycles. The predicted molar refractivity (Wildman–Crippen MR) is 107 cm³/mol. The van der Waals surface area contributed by atoms with Gasteiger partial charge in [0.25, 0.3) is 5.91 Å². The monoisotopic (exact) mass is 369 g/mol. The van der Waals surface area contributed by atoms with Gasteiger partial charge in [-0.2, -0.15) is 0 Å². The zero-order chi connectivity index (χ0) is 19.6. The van der Waals surface area contributed by atoms with E-state index in [1.165, 1.54) is 0 Å². The molecular formula is C21H27N3O3. The van der Waals surface area contributed by atoms with Crippen LogP contribution >= 0.6 is 0 Å². The van der Waals surface area contributed by atoms with Crippen molar-refractivity contribution in [3.63, 3.8) is 0 Å². The number of hydrogen-bond donors (Lipinski definition) is 2. The maximum atomic E-state index is 12.5. The number of carbonyl (C=O) groups is 2. The molecule has 2 amide bonds. The van der Waals surface area contributed by atoms with Gasteiger partial charge >= 0.3 is 0 Å².